The lowest BCUT2D eigenvalue weighted by atomic mass is 10.1. The van der Waals surface area contributed by atoms with Gasteiger partial charge in [-0.1, -0.05) is 15.9 Å². The van der Waals surface area contributed by atoms with Gasteiger partial charge in [-0.05, 0) is 37.1 Å². The van der Waals surface area contributed by atoms with Crippen LogP contribution in [0.25, 0.3) is 0 Å². The summed E-state index contributed by atoms with van der Waals surface area (Å²) in [6.45, 7) is 3.81. The van der Waals surface area contributed by atoms with Crippen molar-refractivity contribution in [2.45, 2.75) is 20.5 Å². The molecule has 0 atom stereocenters. The van der Waals surface area contributed by atoms with Crippen LogP contribution in [0.1, 0.15) is 16.8 Å². The number of ether oxygens (including phenoxy) is 1. The van der Waals surface area contributed by atoms with E-state index in [2.05, 4.69) is 20.9 Å². The lowest BCUT2D eigenvalue weighted by Crippen LogP contribution is -1.89. The molecule has 1 aromatic carbocycles. The largest absolute Gasteiger partial charge is 0.417 e. The van der Waals surface area contributed by atoms with Crippen molar-refractivity contribution in [3.63, 3.8) is 0 Å². The van der Waals surface area contributed by atoms with Crippen LogP contribution in [0.4, 0.5) is 0 Å². The maximum Gasteiger partial charge on any atom is 0.399 e. The van der Waals surface area contributed by atoms with Crippen molar-refractivity contribution < 1.29 is 14.3 Å². The minimum Gasteiger partial charge on any atom is -0.417 e. The molecule has 2 rings (SSSR count). The molecule has 0 saturated heterocycles. The molecule has 2 aromatic rings. The third-order valence-corrected chi connectivity index (χ3v) is 3.56. The van der Waals surface area contributed by atoms with E-state index in [1.807, 2.05) is 26.0 Å². The summed E-state index contributed by atoms with van der Waals surface area (Å²) < 4.78 is 11.6. The molecule has 0 aliphatic heterocycles. The number of aromatic nitrogens is 1. The lowest BCUT2D eigenvalue weighted by Gasteiger charge is -2.06. The molecule has 0 amide bonds. The highest BCUT2D eigenvalue weighted by Gasteiger charge is 2.08. The molecular weight excluding hydrogens is 286 g/mol. The van der Waals surface area contributed by atoms with Crippen LogP contribution in [0.5, 0.6) is 11.8 Å². The first-order chi connectivity index (χ1) is 8.10. The first kappa shape index (κ1) is 12.1. The lowest BCUT2D eigenvalue weighted by molar-refractivity contribution is 0.276. The van der Waals surface area contributed by atoms with E-state index in [-0.39, 0.29) is 12.7 Å². The van der Waals surface area contributed by atoms with Gasteiger partial charge in [0.2, 0.25) is 0 Å². The van der Waals surface area contributed by atoms with Gasteiger partial charge in [-0.25, -0.2) is 0 Å². The number of nitrogens with zero attached hydrogens (tertiary/aromatic N) is 1. The van der Waals surface area contributed by atoms with Crippen LogP contribution in [0, 0.1) is 13.8 Å². The van der Waals surface area contributed by atoms with E-state index in [1.54, 1.807) is 0 Å². The molecule has 0 aliphatic rings. The highest BCUT2D eigenvalue weighted by Crippen LogP contribution is 2.29. The summed E-state index contributed by atoms with van der Waals surface area (Å²) in [7, 11) is 0. The third-order valence-electron chi connectivity index (χ3n) is 2.31. The van der Waals surface area contributed by atoms with Gasteiger partial charge in [0, 0.05) is 4.47 Å². The molecule has 0 fully saturated rings. The number of halogens is 1. The van der Waals surface area contributed by atoms with Crippen LogP contribution in [0.15, 0.2) is 27.3 Å². The number of aliphatic hydroxyl groups excluding tert-OH is 1. The quantitative estimate of drug-likeness (QED) is 0.944. The van der Waals surface area contributed by atoms with E-state index in [9.17, 15) is 0 Å². The van der Waals surface area contributed by atoms with Crippen LogP contribution in [-0.4, -0.2) is 10.1 Å². The second-order valence-corrected chi connectivity index (χ2v) is 4.53. The zero-order valence-electron chi connectivity index (χ0n) is 9.53. The third kappa shape index (κ3) is 2.68. The van der Waals surface area contributed by atoms with E-state index >= 15 is 0 Å². The highest BCUT2D eigenvalue weighted by atomic mass is 79.9. The van der Waals surface area contributed by atoms with Gasteiger partial charge in [0.05, 0.1) is 6.61 Å². The normalized spacial score (nSPS) is 10.6. The fourth-order valence-corrected chi connectivity index (χ4v) is 1.70. The standard InChI is InChI=1S/C12H12BrNO3/c1-7-3-10(4-8(2)11(7)13)17-12-14-9(5-15)6-16-12/h3-4,6,15H,5H2,1-2H3. The molecule has 1 heterocycles. The monoisotopic (exact) mass is 297 g/mol. The topological polar surface area (TPSA) is 55.5 Å². The molecule has 1 aromatic heterocycles. The van der Waals surface area contributed by atoms with Gasteiger partial charge in [-0.2, -0.15) is 4.98 Å². The van der Waals surface area contributed by atoms with Crippen molar-refractivity contribution in [2.75, 3.05) is 0 Å². The summed E-state index contributed by atoms with van der Waals surface area (Å²) in [5, 5.41) is 8.86. The number of benzene rings is 1. The molecule has 0 unspecified atom stereocenters. The average Bonchev–Trinajstić information content (AvgIpc) is 2.73. The predicted octanol–water partition coefficient (Wildman–Crippen LogP) is 3.34. The Morgan fingerprint density at radius 1 is 1.35 bits per heavy atom. The molecule has 4 nitrogen and oxygen atoms in total. The van der Waals surface area contributed by atoms with Crippen molar-refractivity contribution >= 4 is 15.9 Å². The zero-order valence-corrected chi connectivity index (χ0v) is 11.1. The van der Waals surface area contributed by atoms with Gasteiger partial charge >= 0.3 is 6.08 Å². The molecule has 0 aliphatic carbocycles. The number of hydrogen-bond acceptors (Lipinski definition) is 4. The van der Waals surface area contributed by atoms with Crippen LogP contribution in [0.2, 0.25) is 0 Å². The molecule has 0 bridgehead atoms. The Balaban J connectivity index is 2.24. The minimum absolute atomic E-state index is 0.134. The van der Waals surface area contributed by atoms with Gasteiger partial charge in [0.25, 0.3) is 0 Å². The van der Waals surface area contributed by atoms with E-state index in [0.29, 0.717) is 11.4 Å². The molecule has 5 heteroatoms. The summed E-state index contributed by atoms with van der Waals surface area (Å²) in [6.07, 6.45) is 1.50. The van der Waals surface area contributed by atoms with Gasteiger partial charge in [0.1, 0.15) is 17.7 Å². The Labute approximate surface area is 107 Å². The van der Waals surface area contributed by atoms with Crippen LogP contribution in [0.3, 0.4) is 0 Å². The molecular formula is C12H12BrNO3. The summed E-state index contributed by atoms with van der Waals surface area (Å²) in [5.41, 5.74) is 2.61. The number of aliphatic hydroxyl groups is 1. The summed E-state index contributed by atoms with van der Waals surface area (Å²) in [5.74, 6) is 0.662. The number of aryl methyl sites for hydroxylation is 2. The van der Waals surface area contributed by atoms with Crippen LogP contribution >= 0.6 is 15.9 Å². The Hall–Kier alpha value is -1.33. The van der Waals surface area contributed by atoms with Crippen molar-refractivity contribution in [3.8, 4) is 11.8 Å². The Kier molecular flexibility index (Phi) is 3.49. The van der Waals surface area contributed by atoms with E-state index < -0.39 is 0 Å². The maximum atomic E-state index is 8.86. The fourth-order valence-electron chi connectivity index (χ4n) is 1.47. The SMILES string of the molecule is Cc1cc(Oc2nc(CO)co2)cc(C)c1Br. The smallest absolute Gasteiger partial charge is 0.399 e. The van der Waals surface area contributed by atoms with Gasteiger partial charge < -0.3 is 14.3 Å². The van der Waals surface area contributed by atoms with Crippen molar-refractivity contribution in [2.24, 2.45) is 0 Å². The van der Waals surface area contributed by atoms with Gasteiger partial charge in [-0.3, -0.25) is 0 Å². The second-order valence-electron chi connectivity index (χ2n) is 3.74. The molecule has 0 radical (unpaired) electrons. The highest BCUT2D eigenvalue weighted by molar-refractivity contribution is 9.10. The van der Waals surface area contributed by atoms with Crippen LogP contribution < -0.4 is 4.74 Å². The maximum absolute atomic E-state index is 8.86. The Bertz CT molecular complexity index is 513. The minimum atomic E-state index is -0.161. The van der Waals surface area contributed by atoms with Crippen LogP contribution in [-0.2, 0) is 6.61 Å². The summed E-state index contributed by atoms with van der Waals surface area (Å²) in [6, 6.07) is 3.78. The fraction of sp³-hybridized carbons (Fsp3) is 0.250. The molecule has 90 valence electrons. The summed E-state index contributed by atoms with van der Waals surface area (Å²) in [4.78, 5) is 3.96. The second kappa shape index (κ2) is 4.89. The van der Waals surface area contributed by atoms with Crippen molar-refractivity contribution in [1.82, 2.24) is 4.98 Å². The molecule has 0 spiro atoms. The Morgan fingerprint density at radius 3 is 2.53 bits per heavy atom. The number of rotatable bonds is 3. The van der Waals surface area contributed by atoms with E-state index in [0.717, 1.165) is 15.6 Å². The number of oxazole rings is 1. The molecule has 1 N–H and O–H groups in total. The first-order valence-corrected chi connectivity index (χ1v) is 5.89. The van der Waals surface area contributed by atoms with E-state index in [1.165, 1.54) is 6.26 Å². The first-order valence-electron chi connectivity index (χ1n) is 5.10. The zero-order chi connectivity index (χ0) is 12.4. The molecule has 0 saturated carbocycles. The average molecular weight is 298 g/mol. The van der Waals surface area contributed by atoms with Gasteiger partial charge in [-0.15, -0.1) is 0 Å². The van der Waals surface area contributed by atoms with Gasteiger partial charge in [0.15, 0.2) is 0 Å². The Morgan fingerprint density at radius 2 is 2.00 bits per heavy atom. The summed E-state index contributed by atoms with van der Waals surface area (Å²) >= 11 is 3.49. The van der Waals surface area contributed by atoms with Crippen molar-refractivity contribution in [3.05, 3.63) is 39.7 Å². The molecule has 17 heavy (non-hydrogen) atoms. The van der Waals surface area contributed by atoms with E-state index in [4.69, 9.17) is 14.3 Å². The number of hydrogen-bond donors (Lipinski definition) is 1. The predicted molar refractivity (Wildman–Crippen MR) is 66.1 cm³/mol. The van der Waals surface area contributed by atoms with Crippen molar-refractivity contribution in [1.29, 1.82) is 0 Å².